The quantitative estimate of drug-likeness (QED) is 0.328. The summed E-state index contributed by atoms with van der Waals surface area (Å²) in [4.78, 5) is 42.4. The van der Waals surface area contributed by atoms with Gasteiger partial charge in [-0.05, 0) is 18.6 Å². The number of ether oxygens (including phenoxy) is 2. The Hall–Kier alpha value is -3.00. The average molecular weight is 400 g/mol. The van der Waals surface area contributed by atoms with Gasteiger partial charge in [0.05, 0.1) is 37.5 Å². The largest absolute Gasteiger partial charge is 0.497 e. The number of esters is 1. The molecule has 2 heterocycles. The molecule has 3 rings (SSSR count). The van der Waals surface area contributed by atoms with E-state index in [2.05, 4.69) is 4.98 Å². The van der Waals surface area contributed by atoms with Crippen molar-refractivity contribution in [2.45, 2.75) is 26.3 Å². The molecule has 0 aliphatic heterocycles. The normalized spacial score (nSPS) is 10.8. The number of aromatic nitrogens is 2. The molecule has 0 aliphatic carbocycles. The van der Waals surface area contributed by atoms with Crippen molar-refractivity contribution in [1.29, 1.82) is 0 Å². The van der Waals surface area contributed by atoms with Crippen molar-refractivity contribution in [2.75, 3.05) is 13.7 Å². The second kappa shape index (κ2) is 8.79. The zero-order valence-corrected chi connectivity index (χ0v) is 16.5. The highest BCUT2D eigenvalue weighted by molar-refractivity contribution is 7.17. The van der Waals surface area contributed by atoms with Gasteiger partial charge in [0, 0.05) is 10.9 Å². The summed E-state index contributed by atoms with van der Waals surface area (Å²) in [5.74, 6) is -0.248. The molecule has 0 atom stereocenters. The van der Waals surface area contributed by atoms with Gasteiger partial charge < -0.3 is 9.47 Å². The number of carbonyl (C=O) groups is 2. The first-order chi connectivity index (χ1) is 13.5. The first kappa shape index (κ1) is 19.8. The molecule has 0 spiro atoms. The van der Waals surface area contributed by atoms with Gasteiger partial charge in [0.15, 0.2) is 5.78 Å². The van der Waals surface area contributed by atoms with Crippen molar-refractivity contribution in [3.8, 4) is 5.75 Å². The molecular weight excluding hydrogens is 380 g/mol. The fourth-order valence-electron chi connectivity index (χ4n) is 2.66. The molecule has 28 heavy (non-hydrogen) atoms. The lowest BCUT2D eigenvalue weighted by molar-refractivity contribution is 0.0502. The van der Waals surface area contributed by atoms with Crippen molar-refractivity contribution in [1.82, 2.24) is 9.55 Å². The van der Waals surface area contributed by atoms with Crippen LogP contribution >= 0.6 is 11.3 Å². The van der Waals surface area contributed by atoms with Gasteiger partial charge in [0.1, 0.15) is 10.6 Å². The minimum absolute atomic E-state index is 0.185. The van der Waals surface area contributed by atoms with Crippen molar-refractivity contribution in [3.05, 3.63) is 57.5 Å². The van der Waals surface area contributed by atoms with Crippen molar-refractivity contribution < 1.29 is 19.1 Å². The van der Waals surface area contributed by atoms with Gasteiger partial charge in [-0.2, -0.15) is 0 Å². The van der Waals surface area contributed by atoms with Crippen LogP contribution < -0.4 is 10.3 Å². The van der Waals surface area contributed by atoms with Gasteiger partial charge in [-0.15, -0.1) is 11.3 Å². The lowest BCUT2D eigenvalue weighted by atomic mass is 10.1. The van der Waals surface area contributed by atoms with Crippen LogP contribution in [0.3, 0.4) is 0 Å². The van der Waals surface area contributed by atoms with Crippen LogP contribution in [0.25, 0.3) is 10.2 Å². The standard InChI is InChI=1S/C20H20N2O5S/c1-3-4-8-27-20(25)15-11-28-18-17(15)19(24)22(12-21-18)10-16(23)13-6-5-7-14(9-13)26-2/h5-7,9,11-12H,3-4,8,10H2,1-2H3. The van der Waals surface area contributed by atoms with Crippen LogP contribution in [0.5, 0.6) is 5.75 Å². The van der Waals surface area contributed by atoms with E-state index in [1.54, 1.807) is 29.6 Å². The second-order valence-corrected chi connectivity index (χ2v) is 7.01. The molecule has 2 aromatic heterocycles. The number of hydrogen-bond acceptors (Lipinski definition) is 7. The van der Waals surface area contributed by atoms with Crippen molar-refractivity contribution >= 4 is 33.3 Å². The van der Waals surface area contributed by atoms with E-state index in [4.69, 9.17) is 9.47 Å². The SMILES string of the molecule is CCCCOC(=O)c1csc2ncn(CC(=O)c3cccc(OC)c3)c(=O)c12. The first-order valence-corrected chi connectivity index (χ1v) is 9.74. The molecule has 8 heteroatoms. The van der Waals surface area contributed by atoms with Gasteiger partial charge >= 0.3 is 5.97 Å². The van der Waals surface area contributed by atoms with Gasteiger partial charge in [0.25, 0.3) is 5.56 Å². The van der Waals surface area contributed by atoms with Crippen LogP contribution in [0.15, 0.2) is 40.8 Å². The summed E-state index contributed by atoms with van der Waals surface area (Å²) in [5, 5.41) is 1.76. The number of thiophene rings is 1. The maximum Gasteiger partial charge on any atom is 0.339 e. The number of rotatable bonds is 8. The van der Waals surface area contributed by atoms with E-state index in [0.29, 0.717) is 22.8 Å². The Morgan fingerprint density at radius 1 is 1.29 bits per heavy atom. The van der Waals surface area contributed by atoms with E-state index < -0.39 is 11.5 Å². The van der Waals surface area contributed by atoms with Crippen LogP contribution in [-0.2, 0) is 11.3 Å². The summed E-state index contributed by atoms with van der Waals surface area (Å²) in [5.41, 5.74) is 0.178. The minimum atomic E-state index is -0.546. The molecule has 0 radical (unpaired) electrons. The van der Waals surface area contributed by atoms with Crippen LogP contribution in [0, 0.1) is 0 Å². The fraction of sp³-hybridized carbons (Fsp3) is 0.300. The Balaban J connectivity index is 1.89. The molecule has 0 saturated heterocycles. The summed E-state index contributed by atoms with van der Waals surface area (Å²) in [6, 6.07) is 6.71. The van der Waals surface area contributed by atoms with E-state index in [1.807, 2.05) is 6.92 Å². The van der Waals surface area contributed by atoms with Gasteiger partial charge in [-0.1, -0.05) is 25.5 Å². The fourth-order valence-corrected chi connectivity index (χ4v) is 3.53. The third-order valence-electron chi connectivity index (χ3n) is 4.22. The Kier molecular flexibility index (Phi) is 6.20. The number of ketones is 1. The molecule has 0 N–H and O–H groups in total. The highest BCUT2D eigenvalue weighted by Crippen LogP contribution is 2.22. The van der Waals surface area contributed by atoms with Crippen LogP contribution in [-0.4, -0.2) is 35.0 Å². The van der Waals surface area contributed by atoms with E-state index >= 15 is 0 Å². The maximum absolute atomic E-state index is 12.9. The van der Waals surface area contributed by atoms with E-state index in [1.165, 1.54) is 29.3 Å². The Bertz CT molecular complexity index is 1070. The number of methoxy groups -OCH3 is 1. The summed E-state index contributed by atoms with van der Waals surface area (Å²) in [6.45, 7) is 2.11. The number of hydrogen-bond donors (Lipinski definition) is 0. The predicted octanol–water partition coefficient (Wildman–Crippen LogP) is 3.31. The summed E-state index contributed by atoms with van der Waals surface area (Å²) in [6.07, 6.45) is 2.98. The lowest BCUT2D eigenvalue weighted by Crippen LogP contribution is -2.25. The molecule has 1 aromatic carbocycles. The van der Waals surface area contributed by atoms with Crippen molar-refractivity contribution in [2.24, 2.45) is 0 Å². The van der Waals surface area contributed by atoms with Gasteiger partial charge in [-0.3, -0.25) is 14.2 Å². The number of benzene rings is 1. The molecule has 0 aliphatic rings. The number of fused-ring (bicyclic) bond motifs is 1. The maximum atomic E-state index is 12.9. The number of Topliss-reactive ketones (excluding diaryl/α,β-unsaturated/α-hetero) is 1. The average Bonchev–Trinajstić information content (AvgIpc) is 3.15. The van der Waals surface area contributed by atoms with Crippen LogP contribution in [0.2, 0.25) is 0 Å². The zero-order chi connectivity index (χ0) is 20.1. The second-order valence-electron chi connectivity index (χ2n) is 6.15. The van der Waals surface area contributed by atoms with Crippen LogP contribution in [0.4, 0.5) is 0 Å². The molecule has 0 fully saturated rings. The smallest absolute Gasteiger partial charge is 0.339 e. The number of nitrogens with zero attached hydrogens (tertiary/aromatic N) is 2. The van der Waals surface area contributed by atoms with E-state index in [9.17, 15) is 14.4 Å². The van der Waals surface area contributed by atoms with E-state index in [0.717, 1.165) is 12.8 Å². The minimum Gasteiger partial charge on any atom is -0.497 e. The summed E-state index contributed by atoms with van der Waals surface area (Å²) in [7, 11) is 1.52. The molecule has 146 valence electrons. The Morgan fingerprint density at radius 3 is 2.86 bits per heavy atom. The van der Waals surface area contributed by atoms with Crippen molar-refractivity contribution in [3.63, 3.8) is 0 Å². The molecule has 0 bridgehead atoms. The van der Waals surface area contributed by atoms with Crippen LogP contribution in [0.1, 0.15) is 40.5 Å². The Labute approximate surface area is 165 Å². The summed E-state index contributed by atoms with van der Waals surface area (Å²) < 4.78 is 11.6. The third-order valence-corrected chi connectivity index (χ3v) is 5.10. The van der Waals surface area contributed by atoms with E-state index in [-0.39, 0.29) is 23.3 Å². The number of unbranched alkanes of at least 4 members (excludes halogenated alkanes) is 1. The molecule has 3 aromatic rings. The number of carbonyl (C=O) groups excluding carboxylic acids is 2. The topological polar surface area (TPSA) is 87.5 Å². The van der Waals surface area contributed by atoms with Gasteiger partial charge in [-0.25, -0.2) is 9.78 Å². The zero-order valence-electron chi connectivity index (χ0n) is 15.6. The van der Waals surface area contributed by atoms with Gasteiger partial charge in [0.2, 0.25) is 0 Å². The first-order valence-electron chi connectivity index (χ1n) is 8.86. The Morgan fingerprint density at radius 2 is 2.11 bits per heavy atom. The molecule has 7 nitrogen and oxygen atoms in total. The highest BCUT2D eigenvalue weighted by atomic mass is 32.1. The molecule has 0 unspecified atom stereocenters. The highest BCUT2D eigenvalue weighted by Gasteiger charge is 2.19. The molecule has 0 amide bonds. The molecule has 0 saturated carbocycles. The summed E-state index contributed by atoms with van der Waals surface area (Å²) >= 11 is 1.20. The predicted molar refractivity (Wildman–Crippen MR) is 106 cm³/mol. The lowest BCUT2D eigenvalue weighted by Gasteiger charge is -2.07. The molecular formula is C20H20N2O5S. The monoisotopic (exact) mass is 400 g/mol. The third kappa shape index (κ3) is 4.12.